The SMILES string of the molecule is COc1ccc([N+](=O)[O-])c(N2CCCC2=O)n1. The molecule has 1 aliphatic rings. The number of nitrogens with zero attached hydrogens (tertiary/aromatic N) is 3. The van der Waals surface area contributed by atoms with Crippen molar-refractivity contribution in [1.82, 2.24) is 4.98 Å². The molecule has 0 saturated carbocycles. The summed E-state index contributed by atoms with van der Waals surface area (Å²) in [5.74, 6) is 0.177. The first-order valence-electron chi connectivity index (χ1n) is 5.13. The maximum atomic E-state index is 11.6. The van der Waals surface area contributed by atoms with E-state index in [0.717, 1.165) is 0 Å². The molecule has 7 nitrogen and oxygen atoms in total. The largest absolute Gasteiger partial charge is 0.481 e. The van der Waals surface area contributed by atoms with E-state index in [1.54, 1.807) is 0 Å². The van der Waals surface area contributed by atoms with Crippen molar-refractivity contribution in [3.63, 3.8) is 0 Å². The molecule has 0 spiro atoms. The van der Waals surface area contributed by atoms with Gasteiger partial charge in [0, 0.05) is 25.1 Å². The molecule has 0 atom stereocenters. The Morgan fingerprint density at radius 2 is 2.29 bits per heavy atom. The number of pyridine rings is 1. The van der Waals surface area contributed by atoms with Gasteiger partial charge < -0.3 is 4.74 Å². The number of ether oxygens (including phenoxy) is 1. The molecular weight excluding hydrogens is 226 g/mol. The van der Waals surface area contributed by atoms with Gasteiger partial charge >= 0.3 is 5.69 Å². The molecule has 1 aliphatic heterocycles. The van der Waals surface area contributed by atoms with Crippen LogP contribution in [0.2, 0.25) is 0 Å². The molecule has 1 aromatic rings. The zero-order valence-corrected chi connectivity index (χ0v) is 9.25. The molecule has 2 heterocycles. The minimum absolute atomic E-state index is 0.0665. The first-order chi connectivity index (χ1) is 8.13. The smallest absolute Gasteiger partial charge is 0.312 e. The number of rotatable bonds is 3. The van der Waals surface area contributed by atoms with Crippen molar-refractivity contribution >= 4 is 17.4 Å². The number of methoxy groups -OCH3 is 1. The molecule has 0 aromatic carbocycles. The van der Waals surface area contributed by atoms with Gasteiger partial charge in [0.1, 0.15) is 0 Å². The first kappa shape index (κ1) is 11.3. The Bertz CT molecular complexity index is 475. The zero-order chi connectivity index (χ0) is 12.4. The number of amides is 1. The predicted molar refractivity (Wildman–Crippen MR) is 59.0 cm³/mol. The fraction of sp³-hybridized carbons (Fsp3) is 0.400. The molecule has 1 saturated heterocycles. The highest BCUT2D eigenvalue weighted by Gasteiger charge is 2.29. The highest BCUT2D eigenvalue weighted by Crippen LogP contribution is 2.31. The molecule has 0 unspecified atom stereocenters. The van der Waals surface area contributed by atoms with E-state index in [9.17, 15) is 14.9 Å². The monoisotopic (exact) mass is 237 g/mol. The van der Waals surface area contributed by atoms with Crippen LogP contribution in [0.4, 0.5) is 11.5 Å². The minimum atomic E-state index is -0.548. The van der Waals surface area contributed by atoms with Crippen molar-refractivity contribution < 1.29 is 14.5 Å². The van der Waals surface area contributed by atoms with Crippen LogP contribution in [0.1, 0.15) is 12.8 Å². The first-order valence-corrected chi connectivity index (χ1v) is 5.13. The summed E-state index contributed by atoms with van der Waals surface area (Å²) in [4.78, 5) is 27.2. The summed E-state index contributed by atoms with van der Waals surface area (Å²) in [5, 5.41) is 10.9. The van der Waals surface area contributed by atoms with Gasteiger partial charge in [-0.1, -0.05) is 0 Å². The summed E-state index contributed by atoms with van der Waals surface area (Å²) in [5.41, 5.74) is -0.180. The van der Waals surface area contributed by atoms with Gasteiger partial charge in [-0.25, -0.2) is 0 Å². The molecule has 7 heteroatoms. The van der Waals surface area contributed by atoms with E-state index in [4.69, 9.17) is 4.74 Å². The second kappa shape index (κ2) is 4.36. The van der Waals surface area contributed by atoms with E-state index >= 15 is 0 Å². The van der Waals surface area contributed by atoms with Crippen LogP contribution in [-0.4, -0.2) is 29.5 Å². The Labute approximate surface area is 97.2 Å². The van der Waals surface area contributed by atoms with Gasteiger partial charge in [-0.3, -0.25) is 19.8 Å². The second-order valence-corrected chi connectivity index (χ2v) is 3.60. The van der Waals surface area contributed by atoms with Gasteiger partial charge in [0.25, 0.3) is 0 Å². The zero-order valence-electron chi connectivity index (χ0n) is 9.25. The van der Waals surface area contributed by atoms with Crippen molar-refractivity contribution in [2.45, 2.75) is 12.8 Å². The lowest BCUT2D eigenvalue weighted by atomic mass is 10.3. The topological polar surface area (TPSA) is 85.6 Å². The number of anilines is 1. The third-order valence-electron chi connectivity index (χ3n) is 2.56. The van der Waals surface area contributed by atoms with Crippen molar-refractivity contribution in [1.29, 1.82) is 0 Å². The van der Waals surface area contributed by atoms with Crippen LogP contribution >= 0.6 is 0 Å². The van der Waals surface area contributed by atoms with E-state index in [-0.39, 0.29) is 23.3 Å². The molecule has 17 heavy (non-hydrogen) atoms. The van der Waals surface area contributed by atoms with Crippen molar-refractivity contribution in [2.75, 3.05) is 18.6 Å². The summed E-state index contributed by atoms with van der Waals surface area (Å²) in [7, 11) is 1.42. The van der Waals surface area contributed by atoms with Crippen molar-refractivity contribution in [3.8, 4) is 5.88 Å². The molecule has 1 fully saturated rings. The minimum Gasteiger partial charge on any atom is -0.481 e. The van der Waals surface area contributed by atoms with E-state index in [2.05, 4.69) is 4.98 Å². The van der Waals surface area contributed by atoms with Crippen LogP contribution in [0.15, 0.2) is 12.1 Å². The van der Waals surface area contributed by atoms with Crippen LogP contribution in [0.25, 0.3) is 0 Å². The third-order valence-corrected chi connectivity index (χ3v) is 2.56. The summed E-state index contributed by atoms with van der Waals surface area (Å²) in [6.07, 6.45) is 1.09. The molecule has 0 N–H and O–H groups in total. The molecule has 2 rings (SSSR count). The summed E-state index contributed by atoms with van der Waals surface area (Å²) >= 11 is 0. The van der Waals surface area contributed by atoms with Crippen LogP contribution in [0, 0.1) is 10.1 Å². The second-order valence-electron chi connectivity index (χ2n) is 3.60. The molecule has 0 bridgehead atoms. The number of hydrogen-bond donors (Lipinski definition) is 0. The Morgan fingerprint density at radius 3 is 2.82 bits per heavy atom. The molecule has 90 valence electrons. The normalized spacial score (nSPS) is 15.1. The third kappa shape index (κ3) is 2.03. The van der Waals surface area contributed by atoms with E-state index in [0.29, 0.717) is 19.4 Å². The van der Waals surface area contributed by atoms with Crippen LogP contribution in [0.3, 0.4) is 0 Å². The predicted octanol–water partition coefficient (Wildman–Crippen LogP) is 1.13. The maximum absolute atomic E-state index is 11.6. The fourth-order valence-electron chi connectivity index (χ4n) is 1.75. The quantitative estimate of drug-likeness (QED) is 0.581. The van der Waals surface area contributed by atoms with Gasteiger partial charge in [-0.05, 0) is 6.42 Å². The Hall–Kier alpha value is -2.18. The molecule has 0 radical (unpaired) electrons. The Kier molecular flexibility index (Phi) is 2.90. The Morgan fingerprint density at radius 1 is 1.53 bits per heavy atom. The molecule has 1 aromatic heterocycles. The number of carbonyl (C=O) groups excluding carboxylic acids is 1. The van der Waals surface area contributed by atoms with Crippen molar-refractivity contribution in [3.05, 3.63) is 22.2 Å². The van der Waals surface area contributed by atoms with Gasteiger partial charge in [-0.15, -0.1) is 0 Å². The van der Waals surface area contributed by atoms with E-state index in [1.807, 2.05) is 0 Å². The summed E-state index contributed by atoms with van der Waals surface area (Å²) < 4.78 is 4.91. The molecule has 0 aliphatic carbocycles. The lowest BCUT2D eigenvalue weighted by Gasteiger charge is -2.14. The number of hydrogen-bond acceptors (Lipinski definition) is 5. The average Bonchev–Trinajstić information content (AvgIpc) is 2.74. The summed E-state index contributed by atoms with van der Waals surface area (Å²) in [6, 6.07) is 2.70. The highest BCUT2D eigenvalue weighted by molar-refractivity contribution is 5.96. The van der Waals surface area contributed by atoms with Crippen LogP contribution < -0.4 is 9.64 Å². The highest BCUT2D eigenvalue weighted by atomic mass is 16.6. The van der Waals surface area contributed by atoms with Gasteiger partial charge in [-0.2, -0.15) is 4.98 Å². The average molecular weight is 237 g/mol. The summed E-state index contributed by atoms with van der Waals surface area (Å²) in [6.45, 7) is 0.458. The van der Waals surface area contributed by atoms with Gasteiger partial charge in [0.05, 0.1) is 12.0 Å². The molecule has 1 amide bonds. The number of nitro groups is 1. The van der Waals surface area contributed by atoms with Gasteiger partial charge in [0.2, 0.25) is 17.6 Å². The van der Waals surface area contributed by atoms with Gasteiger partial charge in [0.15, 0.2) is 0 Å². The standard InChI is InChI=1S/C10H11N3O4/c1-17-8-5-4-7(13(15)16)10(11-8)12-6-2-3-9(12)14/h4-5H,2-3,6H2,1H3. The Balaban J connectivity index is 2.48. The van der Waals surface area contributed by atoms with E-state index in [1.165, 1.54) is 24.1 Å². The molecular formula is C10H11N3O4. The maximum Gasteiger partial charge on any atom is 0.312 e. The number of aromatic nitrogens is 1. The van der Waals surface area contributed by atoms with Crippen LogP contribution in [-0.2, 0) is 4.79 Å². The lowest BCUT2D eigenvalue weighted by Crippen LogP contribution is -2.25. The van der Waals surface area contributed by atoms with E-state index < -0.39 is 4.92 Å². The number of carbonyl (C=O) groups is 1. The lowest BCUT2D eigenvalue weighted by molar-refractivity contribution is -0.384. The fourth-order valence-corrected chi connectivity index (χ4v) is 1.75. The van der Waals surface area contributed by atoms with Crippen molar-refractivity contribution in [2.24, 2.45) is 0 Å². The van der Waals surface area contributed by atoms with Crippen LogP contribution in [0.5, 0.6) is 5.88 Å².